The number of fused-ring (bicyclic) bond motifs is 1. The summed E-state index contributed by atoms with van der Waals surface area (Å²) in [6.45, 7) is 4.22. The summed E-state index contributed by atoms with van der Waals surface area (Å²) in [7, 11) is 0. The Kier molecular flexibility index (Phi) is 6.10. The van der Waals surface area contributed by atoms with Crippen molar-refractivity contribution in [3.63, 3.8) is 0 Å². The molecule has 0 spiro atoms. The van der Waals surface area contributed by atoms with E-state index in [4.69, 9.17) is 13.9 Å². The molecule has 182 valence electrons. The maximum absolute atomic E-state index is 13.8. The summed E-state index contributed by atoms with van der Waals surface area (Å²) < 4.78 is 88.5. The third-order valence-electron chi connectivity index (χ3n) is 5.08. The van der Waals surface area contributed by atoms with Gasteiger partial charge in [-0.3, -0.25) is 4.79 Å². The lowest BCUT2D eigenvalue weighted by atomic mass is 10.1. The van der Waals surface area contributed by atoms with Crippen LogP contribution in [0.25, 0.3) is 6.08 Å². The van der Waals surface area contributed by atoms with Crippen molar-refractivity contribution >= 4 is 17.8 Å². The zero-order valence-electron chi connectivity index (χ0n) is 18.3. The highest BCUT2D eigenvalue weighted by molar-refractivity contribution is 6.14. The van der Waals surface area contributed by atoms with E-state index in [0.717, 1.165) is 6.92 Å². The molecule has 11 heteroatoms. The number of hydrogen-bond acceptors (Lipinski definition) is 6. The number of rotatable bonds is 5. The second-order valence-corrected chi connectivity index (χ2v) is 7.53. The van der Waals surface area contributed by atoms with Crippen LogP contribution in [0.5, 0.6) is 17.2 Å². The van der Waals surface area contributed by atoms with Crippen LogP contribution < -0.4 is 14.2 Å². The first-order valence-corrected chi connectivity index (χ1v) is 10.0. The van der Waals surface area contributed by atoms with Gasteiger partial charge < -0.3 is 18.6 Å². The minimum absolute atomic E-state index is 0.0241. The van der Waals surface area contributed by atoms with Gasteiger partial charge in [0, 0.05) is 11.6 Å². The lowest BCUT2D eigenvalue weighted by Crippen LogP contribution is -2.29. The number of carbonyl (C=O) groups excluding carboxylic acids is 2. The predicted molar refractivity (Wildman–Crippen MR) is 110 cm³/mol. The summed E-state index contributed by atoms with van der Waals surface area (Å²) in [6, 6.07) is 5.99. The molecule has 4 rings (SSSR count). The Morgan fingerprint density at radius 2 is 1.57 bits per heavy atom. The van der Waals surface area contributed by atoms with Crippen LogP contribution in [-0.2, 0) is 4.79 Å². The molecule has 0 N–H and O–H groups in total. The van der Waals surface area contributed by atoms with Gasteiger partial charge in [0.25, 0.3) is 0 Å². The second kappa shape index (κ2) is 8.90. The third kappa shape index (κ3) is 4.25. The van der Waals surface area contributed by atoms with Crippen molar-refractivity contribution in [1.29, 1.82) is 0 Å². The summed E-state index contributed by atoms with van der Waals surface area (Å²) in [5.41, 5.74) is 0.439. The van der Waals surface area contributed by atoms with Crippen molar-refractivity contribution < 1.29 is 50.2 Å². The molecule has 0 amide bonds. The normalized spacial score (nSPS) is 14.6. The molecule has 35 heavy (non-hydrogen) atoms. The van der Waals surface area contributed by atoms with Crippen LogP contribution in [0.15, 0.2) is 34.4 Å². The van der Waals surface area contributed by atoms with E-state index in [1.165, 1.54) is 25.1 Å². The number of benzene rings is 2. The van der Waals surface area contributed by atoms with E-state index in [1.54, 1.807) is 19.1 Å². The first kappa shape index (κ1) is 24.0. The van der Waals surface area contributed by atoms with E-state index in [9.17, 15) is 31.5 Å². The van der Waals surface area contributed by atoms with Crippen LogP contribution in [-0.4, -0.2) is 17.9 Å². The maximum atomic E-state index is 13.8. The van der Waals surface area contributed by atoms with Gasteiger partial charge in [-0.25, -0.2) is 18.0 Å². The Morgan fingerprint density at radius 3 is 2.17 bits per heavy atom. The predicted octanol–water partition coefficient (Wildman–Crippen LogP) is 5.58. The molecule has 0 fully saturated rings. The lowest BCUT2D eigenvalue weighted by Gasteiger charge is -2.16. The molecular formula is C24H15F5O6. The Bertz CT molecular complexity index is 1380. The summed E-state index contributed by atoms with van der Waals surface area (Å²) in [4.78, 5) is 25.0. The fraction of sp³-hybridized carbons (Fsp3) is 0.167. The average molecular weight is 494 g/mol. The molecule has 0 saturated carbocycles. The number of carbonyl (C=O) groups is 2. The highest BCUT2D eigenvalue weighted by Crippen LogP contribution is 2.39. The molecule has 2 aromatic carbocycles. The highest BCUT2D eigenvalue weighted by Gasteiger charge is 2.33. The van der Waals surface area contributed by atoms with Crippen LogP contribution in [0, 0.1) is 42.9 Å². The summed E-state index contributed by atoms with van der Waals surface area (Å²) in [6.07, 6.45) is -0.364. The van der Waals surface area contributed by atoms with E-state index < -0.39 is 52.7 Å². The van der Waals surface area contributed by atoms with Gasteiger partial charge in [0.15, 0.2) is 17.6 Å². The van der Waals surface area contributed by atoms with Gasteiger partial charge in [-0.1, -0.05) is 0 Å². The highest BCUT2D eigenvalue weighted by atomic mass is 19.2. The Hall–Kier alpha value is -4.15. The van der Waals surface area contributed by atoms with Gasteiger partial charge >= 0.3 is 5.97 Å². The molecule has 1 atom stereocenters. The summed E-state index contributed by atoms with van der Waals surface area (Å²) >= 11 is 0. The van der Waals surface area contributed by atoms with Crippen LogP contribution in [0.2, 0.25) is 0 Å². The number of ether oxygens (including phenoxy) is 3. The molecular weight excluding hydrogens is 479 g/mol. The molecule has 0 radical (unpaired) electrons. The van der Waals surface area contributed by atoms with Crippen molar-refractivity contribution in [2.24, 2.45) is 0 Å². The van der Waals surface area contributed by atoms with Gasteiger partial charge in [-0.15, -0.1) is 0 Å². The van der Waals surface area contributed by atoms with E-state index in [0.29, 0.717) is 11.5 Å². The van der Waals surface area contributed by atoms with Crippen molar-refractivity contribution in [3.05, 3.63) is 81.8 Å². The molecule has 1 aliphatic heterocycles. The number of furan rings is 1. The largest absolute Gasteiger partial charge is 0.473 e. The molecule has 0 saturated heterocycles. The van der Waals surface area contributed by atoms with E-state index >= 15 is 0 Å². The molecule has 1 unspecified atom stereocenters. The number of hydrogen-bond donors (Lipinski definition) is 0. The number of Topliss-reactive ketones (excluding diaryl/α,β-unsaturated/α-hetero) is 1. The zero-order chi connectivity index (χ0) is 25.6. The Balaban J connectivity index is 1.54. The summed E-state index contributed by atoms with van der Waals surface area (Å²) in [5, 5.41) is 0. The third-order valence-corrected chi connectivity index (χ3v) is 5.08. The van der Waals surface area contributed by atoms with Crippen molar-refractivity contribution in [2.75, 3.05) is 0 Å². The van der Waals surface area contributed by atoms with Crippen LogP contribution in [0.1, 0.15) is 34.4 Å². The maximum Gasteiger partial charge on any atom is 0.352 e. The molecule has 1 aliphatic rings. The van der Waals surface area contributed by atoms with Crippen LogP contribution in [0.3, 0.4) is 0 Å². The molecule has 2 heterocycles. The van der Waals surface area contributed by atoms with Gasteiger partial charge in [-0.2, -0.15) is 8.78 Å². The molecule has 1 aromatic heterocycles. The quantitative estimate of drug-likeness (QED) is 0.115. The standard InChI is InChI=1S/C24H15F5O6/c1-9-4-5-12(32-9)8-15-21(30)13-6-7-14(10(2)22(13)34-15)35-24(31)11(3)33-23-19(28)17(26)16(25)18(27)20(23)29/h4-8,11H,1-3H3/b15-8-. The molecule has 0 aliphatic carbocycles. The van der Waals surface area contributed by atoms with Gasteiger partial charge in [-0.05, 0) is 45.0 Å². The first-order chi connectivity index (χ1) is 16.5. The summed E-state index contributed by atoms with van der Waals surface area (Å²) in [5.74, 6) is -13.5. The van der Waals surface area contributed by atoms with Crippen molar-refractivity contribution in [1.82, 2.24) is 0 Å². The lowest BCUT2D eigenvalue weighted by molar-refractivity contribution is -0.141. The SMILES string of the molecule is Cc1ccc(/C=C2\Oc3c(ccc(OC(=O)C(C)Oc4c(F)c(F)c(F)c(F)c4F)c3C)C2=O)o1. The van der Waals surface area contributed by atoms with Crippen molar-refractivity contribution in [2.45, 2.75) is 26.9 Å². The second-order valence-electron chi connectivity index (χ2n) is 7.53. The zero-order valence-corrected chi connectivity index (χ0v) is 18.3. The first-order valence-electron chi connectivity index (χ1n) is 10.0. The smallest absolute Gasteiger partial charge is 0.352 e. The molecule has 3 aromatic rings. The van der Waals surface area contributed by atoms with E-state index in [1.807, 2.05) is 0 Å². The molecule has 0 bridgehead atoms. The van der Waals surface area contributed by atoms with Gasteiger partial charge in [0.1, 0.15) is 23.0 Å². The number of ketones is 1. The van der Waals surface area contributed by atoms with E-state index in [2.05, 4.69) is 4.74 Å². The van der Waals surface area contributed by atoms with Crippen LogP contribution in [0.4, 0.5) is 22.0 Å². The van der Waals surface area contributed by atoms with Crippen LogP contribution >= 0.6 is 0 Å². The Morgan fingerprint density at radius 1 is 0.943 bits per heavy atom. The monoisotopic (exact) mass is 494 g/mol. The van der Waals surface area contributed by atoms with Crippen molar-refractivity contribution in [3.8, 4) is 17.2 Å². The minimum Gasteiger partial charge on any atom is -0.473 e. The van der Waals surface area contributed by atoms with Gasteiger partial charge in [0.05, 0.1) is 5.56 Å². The minimum atomic E-state index is -2.36. The fourth-order valence-corrected chi connectivity index (χ4v) is 3.24. The topological polar surface area (TPSA) is 75.0 Å². The van der Waals surface area contributed by atoms with E-state index in [-0.39, 0.29) is 28.4 Å². The number of aryl methyl sites for hydroxylation is 1. The Labute approximate surface area is 194 Å². The number of halogens is 5. The number of allylic oxidation sites excluding steroid dienone is 1. The fourth-order valence-electron chi connectivity index (χ4n) is 3.24. The average Bonchev–Trinajstić information content (AvgIpc) is 3.38. The number of esters is 1. The molecule has 6 nitrogen and oxygen atoms in total. The van der Waals surface area contributed by atoms with Gasteiger partial charge in [0.2, 0.25) is 34.9 Å².